The molecule has 1 fully saturated rings. The van der Waals surface area contributed by atoms with Crippen molar-refractivity contribution in [1.29, 1.82) is 0 Å². The fourth-order valence-corrected chi connectivity index (χ4v) is 1.63. The van der Waals surface area contributed by atoms with Crippen molar-refractivity contribution in [1.82, 2.24) is 10.6 Å². The molecule has 1 aromatic rings. The van der Waals surface area contributed by atoms with Gasteiger partial charge in [-0.05, 0) is 31.4 Å². The van der Waals surface area contributed by atoms with Crippen LogP contribution in [0.5, 0.6) is 0 Å². The van der Waals surface area contributed by atoms with Crippen molar-refractivity contribution in [3.8, 4) is 0 Å². The highest BCUT2D eigenvalue weighted by Gasteiger charge is 2.20. The van der Waals surface area contributed by atoms with Gasteiger partial charge in [0.05, 0.1) is 6.54 Å². The highest BCUT2D eigenvalue weighted by molar-refractivity contribution is 5.85. The zero-order valence-corrected chi connectivity index (χ0v) is 11.2. The number of hydrogen-bond acceptors (Lipinski definition) is 2. The van der Waals surface area contributed by atoms with E-state index in [0.29, 0.717) is 5.92 Å². The molecule has 6 heteroatoms. The number of hydrogen-bond donors (Lipinski definition) is 2. The maximum atomic E-state index is 13.3. The van der Waals surface area contributed by atoms with Crippen molar-refractivity contribution in [3.63, 3.8) is 0 Å². The second-order valence-corrected chi connectivity index (χ2v) is 4.59. The number of carbonyl (C=O) groups excluding carboxylic acids is 1. The summed E-state index contributed by atoms with van der Waals surface area (Å²) < 4.78 is 25.9. The molecule has 1 amide bonds. The number of rotatable bonds is 6. The first-order valence-corrected chi connectivity index (χ1v) is 6.06. The molecule has 1 saturated carbocycles. The van der Waals surface area contributed by atoms with Crippen LogP contribution in [0.3, 0.4) is 0 Å². The molecule has 0 atom stereocenters. The third-order valence-corrected chi connectivity index (χ3v) is 2.91. The fraction of sp³-hybridized carbons (Fsp3) is 0.462. The summed E-state index contributed by atoms with van der Waals surface area (Å²) in [5.74, 6) is -0.721. The van der Waals surface area contributed by atoms with Gasteiger partial charge in [-0.25, -0.2) is 8.78 Å². The van der Waals surface area contributed by atoms with Gasteiger partial charge in [-0.15, -0.1) is 12.4 Å². The van der Waals surface area contributed by atoms with E-state index in [9.17, 15) is 13.6 Å². The first kappa shape index (κ1) is 15.9. The number of carbonyl (C=O) groups is 1. The average Bonchev–Trinajstić information content (AvgIpc) is 3.12. The molecule has 106 valence electrons. The van der Waals surface area contributed by atoms with Crippen molar-refractivity contribution in [2.45, 2.75) is 19.4 Å². The summed E-state index contributed by atoms with van der Waals surface area (Å²) in [6.45, 7) is 1.17. The largest absolute Gasteiger partial charge is 0.351 e. The minimum atomic E-state index is -0.638. The molecule has 0 aliphatic heterocycles. The van der Waals surface area contributed by atoms with Crippen molar-refractivity contribution in [2.24, 2.45) is 5.92 Å². The lowest BCUT2D eigenvalue weighted by Gasteiger charge is -2.07. The second-order valence-electron chi connectivity index (χ2n) is 4.59. The van der Waals surface area contributed by atoms with Crippen LogP contribution in [0.4, 0.5) is 8.78 Å². The molecule has 1 aromatic carbocycles. The molecule has 2 N–H and O–H groups in total. The monoisotopic (exact) mass is 290 g/mol. The van der Waals surface area contributed by atoms with Gasteiger partial charge in [0.25, 0.3) is 0 Å². The molecule has 2 rings (SSSR count). The Labute approximate surface area is 117 Å². The number of amides is 1. The minimum absolute atomic E-state index is 0. The van der Waals surface area contributed by atoms with Crippen LogP contribution in [0.25, 0.3) is 0 Å². The Morgan fingerprint density at radius 3 is 2.68 bits per heavy atom. The van der Waals surface area contributed by atoms with E-state index in [1.165, 1.54) is 25.0 Å². The average molecular weight is 291 g/mol. The van der Waals surface area contributed by atoms with E-state index in [-0.39, 0.29) is 37.0 Å². The summed E-state index contributed by atoms with van der Waals surface area (Å²) in [4.78, 5) is 11.4. The van der Waals surface area contributed by atoms with Gasteiger partial charge in [0, 0.05) is 18.2 Å². The van der Waals surface area contributed by atoms with E-state index in [1.807, 2.05) is 0 Å². The summed E-state index contributed by atoms with van der Waals surface area (Å²) in [5, 5.41) is 5.63. The Hall–Kier alpha value is -1.20. The van der Waals surface area contributed by atoms with E-state index in [2.05, 4.69) is 10.6 Å². The van der Waals surface area contributed by atoms with Gasteiger partial charge in [0.15, 0.2) is 0 Å². The zero-order chi connectivity index (χ0) is 13.0. The molecule has 0 unspecified atom stereocenters. The molecule has 0 aromatic heterocycles. The molecular weight excluding hydrogens is 274 g/mol. The third kappa shape index (κ3) is 5.53. The summed E-state index contributed by atoms with van der Waals surface area (Å²) in [6, 6.07) is 3.32. The van der Waals surface area contributed by atoms with Crippen LogP contribution in [0.1, 0.15) is 18.4 Å². The predicted molar refractivity (Wildman–Crippen MR) is 71.0 cm³/mol. The Balaban J connectivity index is 0.00000180. The second kappa shape index (κ2) is 7.40. The van der Waals surface area contributed by atoms with E-state index in [1.54, 1.807) is 0 Å². The highest BCUT2D eigenvalue weighted by Crippen LogP contribution is 2.27. The van der Waals surface area contributed by atoms with Crippen LogP contribution in [0.15, 0.2) is 18.2 Å². The van der Waals surface area contributed by atoms with Gasteiger partial charge >= 0.3 is 0 Å². The van der Waals surface area contributed by atoms with E-state index in [4.69, 9.17) is 0 Å². The van der Waals surface area contributed by atoms with Gasteiger partial charge in [0.1, 0.15) is 11.6 Å². The molecule has 0 bridgehead atoms. The van der Waals surface area contributed by atoms with Crippen LogP contribution >= 0.6 is 12.4 Å². The van der Waals surface area contributed by atoms with Gasteiger partial charge in [0.2, 0.25) is 5.91 Å². The molecular formula is C13H17ClF2N2O. The Bertz CT molecular complexity index is 439. The Morgan fingerprint density at radius 2 is 2.05 bits per heavy atom. The summed E-state index contributed by atoms with van der Waals surface area (Å²) in [6.07, 6.45) is 2.46. The van der Waals surface area contributed by atoms with Crippen molar-refractivity contribution >= 4 is 18.3 Å². The highest BCUT2D eigenvalue weighted by atomic mass is 35.5. The number of halogens is 3. The van der Waals surface area contributed by atoms with Crippen molar-refractivity contribution < 1.29 is 13.6 Å². The molecule has 1 aliphatic carbocycles. The van der Waals surface area contributed by atoms with Gasteiger partial charge in [-0.3, -0.25) is 4.79 Å². The van der Waals surface area contributed by atoms with Crippen LogP contribution < -0.4 is 10.6 Å². The maximum absolute atomic E-state index is 13.3. The van der Waals surface area contributed by atoms with Crippen molar-refractivity contribution in [2.75, 3.05) is 13.1 Å². The zero-order valence-electron chi connectivity index (χ0n) is 10.4. The van der Waals surface area contributed by atoms with Gasteiger partial charge in [-0.1, -0.05) is 6.07 Å². The fourth-order valence-electron chi connectivity index (χ4n) is 1.63. The van der Waals surface area contributed by atoms with Gasteiger partial charge < -0.3 is 10.6 Å². The summed E-state index contributed by atoms with van der Waals surface area (Å²) in [5.41, 5.74) is 0.284. The maximum Gasteiger partial charge on any atom is 0.234 e. The number of benzene rings is 1. The van der Waals surface area contributed by atoms with E-state index < -0.39 is 11.6 Å². The van der Waals surface area contributed by atoms with Crippen LogP contribution in [0.2, 0.25) is 0 Å². The lowest BCUT2D eigenvalue weighted by Crippen LogP contribution is -2.34. The van der Waals surface area contributed by atoms with E-state index >= 15 is 0 Å². The number of nitrogens with one attached hydrogen (secondary N) is 2. The minimum Gasteiger partial charge on any atom is -0.351 e. The predicted octanol–water partition coefficient (Wildman–Crippen LogP) is 2.00. The summed E-state index contributed by atoms with van der Waals surface area (Å²) in [7, 11) is 0. The first-order chi connectivity index (χ1) is 8.65. The molecule has 19 heavy (non-hydrogen) atoms. The SMILES string of the molecule is Cl.O=C(CNCC1CC1)NCc1ccc(F)cc1F. The van der Waals surface area contributed by atoms with Crippen LogP contribution in [-0.2, 0) is 11.3 Å². The van der Waals surface area contributed by atoms with Crippen LogP contribution in [0, 0.1) is 17.6 Å². The quantitative estimate of drug-likeness (QED) is 0.841. The normalized spacial score (nSPS) is 13.8. The first-order valence-electron chi connectivity index (χ1n) is 6.06. The standard InChI is InChI=1S/C13H16F2N2O.ClH/c14-11-4-3-10(12(15)5-11)7-17-13(18)8-16-6-9-1-2-9;/h3-5,9,16H,1-2,6-8H2,(H,17,18);1H. The molecule has 3 nitrogen and oxygen atoms in total. The van der Waals surface area contributed by atoms with Gasteiger partial charge in [-0.2, -0.15) is 0 Å². The Morgan fingerprint density at radius 1 is 1.32 bits per heavy atom. The van der Waals surface area contributed by atoms with Crippen LogP contribution in [-0.4, -0.2) is 19.0 Å². The molecule has 0 saturated heterocycles. The smallest absolute Gasteiger partial charge is 0.234 e. The van der Waals surface area contributed by atoms with Crippen molar-refractivity contribution in [3.05, 3.63) is 35.4 Å². The molecule has 0 heterocycles. The molecule has 0 spiro atoms. The topological polar surface area (TPSA) is 41.1 Å². The van der Waals surface area contributed by atoms with E-state index in [0.717, 1.165) is 12.6 Å². The molecule has 1 aliphatic rings. The summed E-state index contributed by atoms with van der Waals surface area (Å²) >= 11 is 0. The molecule has 0 radical (unpaired) electrons. The lowest BCUT2D eigenvalue weighted by molar-refractivity contribution is -0.120. The Kier molecular flexibility index (Phi) is 6.18. The lowest BCUT2D eigenvalue weighted by atomic mass is 10.2. The third-order valence-electron chi connectivity index (χ3n) is 2.91.